The van der Waals surface area contributed by atoms with Crippen LogP contribution in [0.1, 0.15) is 26.6 Å². The minimum atomic E-state index is -0.486. The summed E-state index contributed by atoms with van der Waals surface area (Å²) in [5.74, 6) is -0.255. The Morgan fingerprint density at radius 2 is 2.07 bits per heavy atom. The van der Waals surface area contributed by atoms with Gasteiger partial charge in [-0.05, 0) is 37.2 Å². The number of benzene rings is 1. The summed E-state index contributed by atoms with van der Waals surface area (Å²) in [5.41, 5.74) is 1.03. The molecule has 0 fully saturated rings. The van der Waals surface area contributed by atoms with E-state index in [4.69, 9.17) is 9.47 Å². The molecule has 9 heteroatoms. The lowest BCUT2D eigenvalue weighted by atomic mass is 10.2. The standard InChI is InChI=1S/C19H20FN3O4S/c1-10-15-17(24)21-14(22-18(15)28-16(10)19(25)27-4)9-23(2)8-11-5-6-13(26-3)12(20)7-11/h5-7H,8-9H2,1-4H3,(H,21,22,24). The molecule has 0 unspecified atom stereocenters. The van der Waals surface area contributed by atoms with Crippen molar-refractivity contribution < 1.29 is 18.7 Å². The van der Waals surface area contributed by atoms with Gasteiger partial charge >= 0.3 is 5.97 Å². The van der Waals surface area contributed by atoms with E-state index in [-0.39, 0.29) is 11.3 Å². The number of halogens is 1. The lowest BCUT2D eigenvalue weighted by Crippen LogP contribution is -2.21. The van der Waals surface area contributed by atoms with E-state index in [2.05, 4.69) is 9.97 Å². The summed E-state index contributed by atoms with van der Waals surface area (Å²) in [5, 5.41) is 0.397. The first-order valence-corrected chi connectivity index (χ1v) is 9.27. The number of aromatic amines is 1. The molecule has 0 saturated carbocycles. The van der Waals surface area contributed by atoms with E-state index in [0.717, 1.165) is 16.9 Å². The van der Waals surface area contributed by atoms with Crippen molar-refractivity contribution >= 4 is 27.5 Å². The minimum absolute atomic E-state index is 0.192. The van der Waals surface area contributed by atoms with Crippen molar-refractivity contribution in [3.05, 3.63) is 56.2 Å². The van der Waals surface area contributed by atoms with Gasteiger partial charge < -0.3 is 14.5 Å². The lowest BCUT2D eigenvalue weighted by Gasteiger charge is -2.16. The van der Waals surface area contributed by atoms with Crippen LogP contribution in [0.4, 0.5) is 4.39 Å². The highest BCUT2D eigenvalue weighted by Crippen LogP contribution is 2.27. The van der Waals surface area contributed by atoms with E-state index in [1.54, 1.807) is 19.1 Å². The van der Waals surface area contributed by atoms with Gasteiger partial charge in [0.25, 0.3) is 5.56 Å². The van der Waals surface area contributed by atoms with Crippen LogP contribution in [0.25, 0.3) is 10.2 Å². The van der Waals surface area contributed by atoms with Crippen molar-refractivity contribution in [3.8, 4) is 5.75 Å². The zero-order chi connectivity index (χ0) is 20.4. The summed E-state index contributed by atoms with van der Waals surface area (Å²) < 4.78 is 23.5. The molecule has 1 aromatic carbocycles. The minimum Gasteiger partial charge on any atom is -0.494 e. The third-order valence-electron chi connectivity index (χ3n) is 4.31. The van der Waals surface area contributed by atoms with Crippen LogP contribution in [0.5, 0.6) is 5.75 Å². The first-order chi connectivity index (χ1) is 13.3. The molecular weight excluding hydrogens is 385 g/mol. The fraction of sp³-hybridized carbons (Fsp3) is 0.316. The van der Waals surface area contributed by atoms with Gasteiger partial charge in [-0.15, -0.1) is 11.3 Å². The van der Waals surface area contributed by atoms with Crippen LogP contribution in [-0.2, 0) is 17.8 Å². The number of hydrogen-bond donors (Lipinski definition) is 1. The Labute approximate surface area is 164 Å². The number of rotatable bonds is 6. The molecule has 0 aliphatic heterocycles. The monoisotopic (exact) mass is 405 g/mol. The molecule has 0 bridgehead atoms. The van der Waals surface area contributed by atoms with Crippen LogP contribution >= 0.6 is 11.3 Å². The number of H-pyrrole nitrogens is 1. The lowest BCUT2D eigenvalue weighted by molar-refractivity contribution is 0.0605. The molecule has 0 saturated heterocycles. The molecular formula is C19H20FN3O4S. The SMILES string of the molecule is COC(=O)c1sc2nc(CN(C)Cc3ccc(OC)c(F)c3)[nH]c(=O)c2c1C. The van der Waals surface area contributed by atoms with Crippen molar-refractivity contribution in [2.45, 2.75) is 20.0 Å². The van der Waals surface area contributed by atoms with Gasteiger partial charge in [0.15, 0.2) is 11.6 Å². The second-order valence-corrected chi connectivity index (χ2v) is 7.38. The zero-order valence-corrected chi connectivity index (χ0v) is 16.8. The summed E-state index contributed by atoms with van der Waals surface area (Å²) >= 11 is 1.13. The van der Waals surface area contributed by atoms with Crippen molar-refractivity contribution in [2.75, 3.05) is 21.3 Å². The number of thiophene rings is 1. The number of carbonyl (C=O) groups excluding carboxylic acids is 1. The molecule has 2 aromatic heterocycles. The molecule has 2 heterocycles. The van der Waals surface area contributed by atoms with E-state index in [0.29, 0.717) is 39.6 Å². The van der Waals surface area contributed by atoms with Crippen molar-refractivity contribution in [1.82, 2.24) is 14.9 Å². The number of hydrogen-bond acceptors (Lipinski definition) is 7. The quantitative estimate of drug-likeness (QED) is 0.635. The largest absolute Gasteiger partial charge is 0.494 e. The molecule has 148 valence electrons. The summed E-state index contributed by atoms with van der Waals surface area (Å²) in [6.45, 7) is 2.51. The van der Waals surface area contributed by atoms with Crippen molar-refractivity contribution in [2.24, 2.45) is 0 Å². The zero-order valence-electron chi connectivity index (χ0n) is 16.0. The Morgan fingerprint density at radius 3 is 2.71 bits per heavy atom. The first kappa shape index (κ1) is 20.0. The highest BCUT2D eigenvalue weighted by Gasteiger charge is 2.20. The highest BCUT2D eigenvalue weighted by molar-refractivity contribution is 7.20. The molecule has 0 aliphatic rings. The molecule has 1 N–H and O–H groups in total. The number of methoxy groups -OCH3 is 2. The number of ether oxygens (including phenoxy) is 2. The van der Waals surface area contributed by atoms with E-state index in [9.17, 15) is 14.0 Å². The Morgan fingerprint density at radius 1 is 1.32 bits per heavy atom. The van der Waals surface area contributed by atoms with Crippen LogP contribution in [0.3, 0.4) is 0 Å². The smallest absolute Gasteiger partial charge is 0.348 e. The predicted molar refractivity (Wildman–Crippen MR) is 104 cm³/mol. The highest BCUT2D eigenvalue weighted by atomic mass is 32.1. The third kappa shape index (κ3) is 3.90. The Kier molecular flexibility index (Phi) is 5.76. The molecule has 0 spiro atoms. The average Bonchev–Trinajstić information content (AvgIpc) is 2.98. The summed E-state index contributed by atoms with van der Waals surface area (Å²) in [4.78, 5) is 34.3. The Hall–Kier alpha value is -2.78. The second-order valence-electron chi connectivity index (χ2n) is 6.38. The van der Waals surface area contributed by atoms with Crippen LogP contribution in [0.2, 0.25) is 0 Å². The van der Waals surface area contributed by atoms with Gasteiger partial charge in [-0.25, -0.2) is 14.2 Å². The van der Waals surface area contributed by atoms with E-state index >= 15 is 0 Å². The number of aromatic nitrogens is 2. The molecule has 3 aromatic rings. The van der Waals surface area contributed by atoms with Crippen molar-refractivity contribution in [3.63, 3.8) is 0 Å². The van der Waals surface area contributed by atoms with Gasteiger partial charge in [0, 0.05) is 6.54 Å². The maximum Gasteiger partial charge on any atom is 0.348 e. The van der Waals surface area contributed by atoms with Crippen LogP contribution in [0, 0.1) is 12.7 Å². The second kappa shape index (κ2) is 8.07. The molecule has 28 heavy (non-hydrogen) atoms. The summed E-state index contributed by atoms with van der Waals surface area (Å²) in [6.07, 6.45) is 0. The summed E-state index contributed by atoms with van der Waals surface area (Å²) in [7, 11) is 4.55. The first-order valence-electron chi connectivity index (χ1n) is 8.45. The maximum atomic E-state index is 13.9. The number of fused-ring (bicyclic) bond motifs is 1. The molecule has 7 nitrogen and oxygen atoms in total. The number of carbonyl (C=O) groups is 1. The van der Waals surface area contributed by atoms with E-state index in [1.165, 1.54) is 20.3 Å². The fourth-order valence-corrected chi connectivity index (χ4v) is 4.10. The number of esters is 1. The van der Waals surface area contributed by atoms with E-state index < -0.39 is 11.8 Å². The molecule has 0 atom stereocenters. The van der Waals surface area contributed by atoms with Crippen LogP contribution < -0.4 is 10.3 Å². The normalized spacial score (nSPS) is 11.2. The van der Waals surface area contributed by atoms with Gasteiger partial charge in [-0.1, -0.05) is 6.07 Å². The molecule has 3 rings (SSSR count). The van der Waals surface area contributed by atoms with Crippen LogP contribution in [0.15, 0.2) is 23.0 Å². The fourth-order valence-electron chi connectivity index (χ4n) is 2.98. The third-order valence-corrected chi connectivity index (χ3v) is 5.47. The van der Waals surface area contributed by atoms with Crippen LogP contribution in [-0.4, -0.2) is 42.1 Å². The Bertz CT molecular complexity index is 1090. The average molecular weight is 405 g/mol. The van der Waals surface area contributed by atoms with Crippen molar-refractivity contribution in [1.29, 1.82) is 0 Å². The molecule has 0 radical (unpaired) electrons. The maximum absolute atomic E-state index is 13.9. The van der Waals surface area contributed by atoms with Gasteiger partial charge in [0.05, 0.1) is 26.2 Å². The molecule has 0 amide bonds. The predicted octanol–water partition coefficient (Wildman–Crippen LogP) is 2.86. The molecule has 0 aliphatic carbocycles. The number of aryl methyl sites for hydroxylation is 1. The van der Waals surface area contributed by atoms with Gasteiger partial charge in [-0.2, -0.15) is 0 Å². The van der Waals surface area contributed by atoms with Gasteiger partial charge in [0.2, 0.25) is 0 Å². The number of nitrogens with one attached hydrogen (secondary N) is 1. The van der Waals surface area contributed by atoms with Gasteiger partial charge in [-0.3, -0.25) is 9.69 Å². The topological polar surface area (TPSA) is 84.5 Å². The summed E-state index contributed by atoms with van der Waals surface area (Å²) in [6, 6.07) is 4.77. The van der Waals surface area contributed by atoms with E-state index in [1.807, 2.05) is 11.9 Å². The Balaban J connectivity index is 1.83. The van der Waals surface area contributed by atoms with Gasteiger partial charge in [0.1, 0.15) is 15.5 Å². The number of nitrogens with zero attached hydrogens (tertiary/aromatic N) is 2.